The van der Waals surface area contributed by atoms with E-state index in [1.54, 1.807) is 13.8 Å². The first kappa shape index (κ1) is 22.3. The van der Waals surface area contributed by atoms with Gasteiger partial charge in [0.25, 0.3) is 5.69 Å². The van der Waals surface area contributed by atoms with Gasteiger partial charge in [-0.2, -0.15) is 0 Å². The average Bonchev–Trinajstić information content (AvgIpc) is 2.61. The van der Waals surface area contributed by atoms with Gasteiger partial charge in [0.05, 0.1) is 29.6 Å². The minimum atomic E-state index is -1.44. The molecule has 0 aliphatic heterocycles. The molecule has 0 amide bonds. The molecule has 0 heterocycles. The van der Waals surface area contributed by atoms with Crippen molar-refractivity contribution in [3.8, 4) is 0 Å². The van der Waals surface area contributed by atoms with Crippen molar-refractivity contribution in [2.24, 2.45) is 0 Å². The molecule has 27 heavy (non-hydrogen) atoms. The number of carbonyl (C=O) groups is 3. The van der Waals surface area contributed by atoms with Crippen LogP contribution in [0.1, 0.15) is 57.6 Å². The molecule has 0 N–H and O–H groups in total. The molecule has 0 aromatic heterocycles. The highest BCUT2D eigenvalue weighted by atomic mass is 16.6. The maximum atomic E-state index is 12.6. The quantitative estimate of drug-likeness (QED) is 0.280. The SMILES string of the molecule is CCCC(C)(C(=O)OCC)c1ccc([N+](=O)[O-])c(C(C(C)=O)C(=O)OC)c1. The average molecular weight is 379 g/mol. The van der Waals surface area contributed by atoms with Gasteiger partial charge in [-0.15, -0.1) is 0 Å². The zero-order valence-corrected chi connectivity index (χ0v) is 16.2. The molecule has 0 spiro atoms. The Morgan fingerprint density at radius 3 is 2.33 bits per heavy atom. The predicted octanol–water partition coefficient (Wildman–Crippen LogP) is 3.06. The number of ketones is 1. The first-order valence-electron chi connectivity index (χ1n) is 8.68. The van der Waals surface area contributed by atoms with Gasteiger partial charge in [-0.1, -0.05) is 19.4 Å². The highest BCUT2D eigenvalue weighted by Gasteiger charge is 2.39. The minimum absolute atomic E-state index is 0.0940. The first-order chi connectivity index (χ1) is 12.6. The van der Waals surface area contributed by atoms with E-state index in [4.69, 9.17) is 4.74 Å². The number of hydrogen-bond acceptors (Lipinski definition) is 7. The smallest absolute Gasteiger partial charge is 0.320 e. The highest BCUT2D eigenvalue weighted by molar-refractivity contribution is 6.04. The molecule has 2 unspecified atom stereocenters. The molecule has 1 rings (SSSR count). The van der Waals surface area contributed by atoms with E-state index in [1.165, 1.54) is 18.2 Å². The summed E-state index contributed by atoms with van der Waals surface area (Å²) in [4.78, 5) is 47.5. The molecule has 0 saturated heterocycles. The lowest BCUT2D eigenvalue weighted by atomic mass is 9.77. The van der Waals surface area contributed by atoms with Gasteiger partial charge in [-0.3, -0.25) is 24.5 Å². The highest BCUT2D eigenvalue weighted by Crippen LogP contribution is 2.36. The van der Waals surface area contributed by atoms with Crippen LogP contribution in [-0.2, 0) is 29.3 Å². The number of nitrogens with zero attached hydrogens (tertiary/aromatic N) is 1. The number of Topliss-reactive ketones (excluding diaryl/α,β-unsaturated/α-hetero) is 1. The second-order valence-electron chi connectivity index (χ2n) is 6.40. The molecule has 1 aromatic carbocycles. The summed E-state index contributed by atoms with van der Waals surface area (Å²) in [5.41, 5.74) is -1.10. The van der Waals surface area contributed by atoms with Crippen molar-refractivity contribution in [3.05, 3.63) is 39.4 Å². The lowest BCUT2D eigenvalue weighted by Gasteiger charge is -2.28. The molecule has 0 radical (unpaired) electrons. The van der Waals surface area contributed by atoms with Crippen molar-refractivity contribution in [3.63, 3.8) is 0 Å². The van der Waals surface area contributed by atoms with Gasteiger partial charge < -0.3 is 9.47 Å². The van der Waals surface area contributed by atoms with E-state index in [0.717, 1.165) is 14.0 Å². The first-order valence-corrected chi connectivity index (χ1v) is 8.68. The van der Waals surface area contributed by atoms with E-state index in [1.807, 2.05) is 6.92 Å². The summed E-state index contributed by atoms with van der Waals surface area (Å²) in [6.45, 7) is 6.62. The van der Waals surface area contributed by atoms with Crippen LogP contribution in [0.15, 0.2) is 18.2 Å². The molecule has 2 atom stereocenters. The van der Waals surface area contributed by atoms with Gasteiger partial charge in [-0.25, -0.2) is 0 Å². The van der Waals surface area contributed by atoms with E-state index in [-0.39, 0.29) is 17.9 Å². The molecule has 8 nitrogen and oxygen atoms in total. The maximum absolute atomic E-state index is 12.6. The molecule has 0 aliphatic carbocycles. The number of nitro groups is 1. The predicted molar refractivity (Wildman–Crippen MR) is 97.4 cm³/mol. The number of benzene rings is 1. The Kier molecular flexibility index (Phi) is 7.63. The Morgan fingerprint density at radius 2 is 1.89 bits per heavy atom. The molecule has 8 heteroatoms. The molecule has 0 fully saturated rings. The van der Waals surface area contributed by atoms with Gasteiger partial charge in [0.1, 0.15) is 11.7 Å². The van der Waals surface area contributed by atoms with E-state index in [0.29, 0.717) is 18.4 Å². The summed E-state index contributed by atoms with van der Waals surface area (Å²) in [5.74, 6) is -3.39. The second-order valence-corrected chi connectivity index (χ2v) is 6.40. The Balaban J connectivity index is 3.68. The third-order valence-electron chi connectivity index (χ3n) is 4.49. The fourth-order valence-corrected chi connectivity index (χ4v) is 3.08. The van der Waals surface area contributed by atoms with E-state index >= 15 is 0 Å². The minimum Gasteiger partial charge on any atom is -0.468 e. The van der Waals surface area contributed by atoms with Gasteiger partial charge in [0.2, 0.25) is 0 Å². The Labute approximate surface area is 158 Å². The maximum Gasteiger partial charge on any atom is 0.320 e. The van der Waals surface area contributed by atoms with Crippen molar-refractivity contribution >= 4 is 23.4 Å². The van der Waals surface area contributed by atoms with Crippen molar-refractivity contribution in [1.82, 2.24) is 0 Å². The lowest BCUT2D eigenvalue weighted by molar-refractivity contribution is -0.385. The van der Waals surface area contributed by atoms with Crippen molar-refractivity contribution in [2.75, 3.05) is 13.7 Å². The van der Waals surface area contributed by atoms with Crippen LogP contribution in [0.3, 0.4) is 0 Å². The van der Waals surface area contributed by atoms with Crippen molar-refractivity contribution < 1.29 is 28.8 Å². The molecule has 0 aliphatic rings. The van der Waals surface area contributed by atoms with Crippen LogP contribution in [0.25, 0.3) is 0 Å². The fraction of sp³-hybridized carbons (Fsp3) is 0.526. The number of hydrogen-bond donors (Lipinski definition) is 0. The largest absolute Gasteiger partial charge is 0.468 e. The van der Waals surface area contributed by atoms with Crippen LogP contribution in [0.5, 0.6) is 0 Å². The summed E-state index contributed by atoms with van der Waals surface area (Å²) >= 11 is 0. The van der Waals surface area contributed by atoms with Gasteiger partial charge >= 0.3 is 11.9 Å². The number of rotatable bonds is 9. The number of nitro benzene ring substituents is 1. The summed E-state index contributed by atoms with van der Waals surface area (Å²) < 4.78 is 9.82. The fourth-order valence-electron chi connectivity index (χ4n) is 3.08. The zero-order chi connectivity index (χ0) is 20.8. The molecule has 1 aromatic rings. The zero-order valence-electron chi connectivity index (χ0n) is 16.2. The molecule has 148 valence electrons. The Hall–Kier alpha value is -2.77. The van der Waals surface area contributed by atoms with Gasteiger partial charge in [0.15, 0.2) is 0 Å². The van der Waals surface area contributed by atoms with E-state index < -0.39 is 34.0 Å². The Bertz CT molecular complexity index is 744. The standard InChI is InChI=1S/C19H25NO7/c1-6-10-19(4,18(23)27-7-2)13-8-9-15(20(24)25)14(11-13)16(12(3)21)17(22)26-5/h8-9,11,16H,6-7,10H2,1-5H3. The van der Waals surface area contributed by atoms with Crippen molar-refractivity contribution in [1.29, 1.82) is 0 Å². The van der Waals surface area contributed by atoms with E-state index in [2.05, 4.69) is 4.74 Å². The number of ether oxygens (including phenoxy) is 2. The van der Waals surface area contributed by atoms with Crippen LogP contribution < -0.4 is 0 Å². The van der Waals surface area contributed by atoms with Gasteiger partial charge in [0, 0.05) is 6.07 Å². The summed E-state index contributed by atoms with van der Waals surface area (Å²) in [6.07, 6.45) is 1.10. The number of esters is 2. The monoisotopic (exact) mass is 379 g/mol. The lowest BCUT2D eigenvalue weighted by Crippen LogP contribution is -2.35. The number of carbonyl (C=O) groups excluding carboxylic acids is 3. The van der Waals surface area contributed by atoms with E-state index in [9.17, 15) is 24.5 Å². The topological polar surface area (TPSA) is 113 Å². The third kappa shape index (κ3) is 4.69. The summed E-state index contributed by atoms with van der Waals surface area (Å²) in [5, 5.41) is 11.4. The van der Waals surface area contributed by atoms with Crippen LogP contribution in [0.4, 0.5) is 5.69 Å². The summed E-state index contributed by atoms with van der Waals surface area (Å²) in [7, 11) is 1.10. The van der Waals surface area contributed by atoms with Crippen LogP contribution >= 0.6 is 0 Å². The van der Waals surface area contributed by atoms with Gasteiger partial charge in [-0.05, 0) is 38.8 Å². The van der Waals surface area contributed by atoms with Crippen LogP contribution in [-0.4, -0.2) is 36.4 Å². The third-order valence-corrected chi connectivity index (χ3v) is 4.49. The Morgan fingerprint density at radius 1 is 1.26 bits per heavy atom. The van der Waals surface area contributed by atoms with Crippen LogP contribution in [0.2, 0.25) is 0 Å². The number of methoxy groups -OCH3 is 1. The van der Waals surface area contributed by atoms with Crippen molar-refractivity contribution in [2.45, 2.75) is 51.9 Å². The van der Waals surface area contributed by atoms with Crippen LogP contribution in [0, 0.1) is 10.1 Å². The molecular weight excluding hydrogens is 354 g/mol. The summed E-state index contributed by atoms with van der Waals surface area (Å²) in [6, 6.07) is 4.03. The molecular formula is C19H25NO7. The second kappa shape index (κ2) is 9.25. The normalized spacial score (nSPS) is 14.0. The molecule has 0 saturated carbocycles. The molecule has 0 bridgehead atoms.